The van der Waals surface area contributed by atoms with Gasteiger partial charge in [0.25, 0.3) is 5.91 Å². The van der Waals surface area contributed by atoms with E-state index in [1.807, 2.05) is 6.07 Å². The van der Waals surface area contributed by atoms with Gasteiger partial charge in [-0.2, -0.15) is 0 Å². The van der Waals surface area contributed by atoms with Crippen LogP contribution in [0.2, 0.25) is 0 Å². The highest BCUT2D eigenvalue weighted by molar-refractivity contribution is 9.10. The van der Waals surface area contributed by atoms with Crippen LogP contribution in [0, 0.1) is 11.6 Å². The van der Waals surface area contributed by atoms with Crippen molar-refractivity contribution in [2.75, 3.05) is 33.3 Å². The van der Waals surface area contributed by atoms with E-state index in [1.54, 1.807) is 11.0 Å². The summed E-state index contributed by atoms with van der Waals surface area (Å²) in [6.45, 7) is 3.14. The van der Waals surface area contributed by atoms with E-state index in [0.717, 1.165) is 5.56 Å². The molecular weight excluding hydrogens is 406 g/mol. The van der Waals surface area contributed by atoms with Gasteiger partial charge in [-0.3, -0.25) is 9.69 Å². The Bertz CT molecular complexity index is 808. The minimum atomic E-state index is -0.384. The number of carbonyl (C=O) groups excluding carboxylic acids is 1. The number of piperazine rings is 1. The zero-order valence-electron chi connectivity index (χ0n) is 14.3. The molecule has 0 bridgehead atoms. The number of amides is 1. The molecule has 0 radical (unpaired) electrons. The largest absolute Gasteiger partial charge is 0.494 e. The molecule has 2 aromatic carbocycles. The number of methoxy groups -OCH3 is 1. The number of rotatable bonds is 4. The second kappa shape index (κ2) is 8.14. The highest BCUT2D eigenvalue weighted by Gasteiger charge is 2.23. The third-order valence-electron chi connectivity index (χ3n) is 4.44. The van der Waals surface area contributed by atoms with Crippen molar-refractivity contribution in [3.8, 4) is 5.75 Å². The summed E-state index contributed by atoms with van der Waals surface area (Å²) < 4.78 is 32.4. The van der Waals surface area contributed by atoms with Crippen LogP contribution in [0.4, 0.5) is 8.78 Å². The lowest BCUT2D eigenvalue weighted by Gasteiger charge is -2.35. The molecule has 7 heteroatoms. The number of ether oxygens (including phenoxy) is 1. The fourth-order valence-electron chi connectivity index (χ4n) is 3.01. The van der Waals surface area contributed by atoms with Crippen LogP contribution in [-0.2, 0) is 6.54 Å². The Morgan fingerprint density at radius 1 is 1.12 bits per heavy atom. The third kappa shape index (κ3) is 4.22. The summed E-state index contributed by atoms with van der Waals surface area (Å²) in [4.78, 5) is 16.5. The van der Waals surface area contributed by atoms with Crippen LogP contribution < -0.4 is 4.74 Å². The van der Waals surface area contributed by atoms with Crippen molar-refractivity contribution < 1.29 is 18.3 Å². The molecule has 138 valence electrons. The minimum Gasteiger partial charge on any atom is -0.494 e. The van der Waals surface area contributed by atoms with Crippen molar-refractivity contribution in [2.45, 2.75) is 6.54 Å². The first-order chi connectivity index (χ1) is 12.5. The maximum atomic E-state index is 13.8. The zero-order valence-corrected chi connectivity index (χ0v) is 15.9. The molecule has 0 saturated carbocycles. The summed E-state index contributed by atoms with van der Waals surface area (Å²) in [7, 11) is 1.44. The van der Waals surface area contributed by atoms with Crippen LogP contribution >= 0.6 is 15.9 Å². The fourth-order valence-corrected chi connectivity index (χ4v) is 3.53. The molecule has 1 aliphatic rings. The maximum Gasteiger partial charge on any atom is 0.255 e. The molecule has 1 heterocycles. The zero-order chi connectivity index (χ0) is 18.7. The molecular formula is C19H19BrF2N2O2. The van der Waals surface area contributed by atoms with Gasteiger partial charge < -0.3 is 9.64 Å². The Kier molecular flexibility index (Phi) is 5.88. The highest BCUT2D eigenvalue weighted by atomic mass is 79.9. The summed E-state index contributed by atoms with van der Waals surface area (Å²) in [5, 5.41) is 0. The van der Waals surface area contributed by atoms with Gasteiger partial charge in [0.2, 0.25) is 0 Å². The Morgan fingerprint density at radius 2 is 1.85 bits per heavy atom. The fraction of sp³-hybridized carbons (Fsp3) is 0.316. The first kappa shape index (κ1) is 18.8. The van der Waals surface area contributed by atoms with Crippen molar-refractivity contribution in [2.24, 2.45) is 0 Å². The van der Waals surface area contributed by atoms with Crippen molar-refractivity contribution in [3.63, 3.8) is 0 Å². The van der Waals surface area contributed by atoms with Crippen molar-refractivity contribution >= 4 is 21.8 Å². The quantitative estimate of drug-likeness (QED) is 0.749. The molecule has 26 heavy (non-hydrogen) atoms. The molecule has 1 amide bonds. The van der Waals surface area contributed by atoms with E-state index in [1.165, 1.54) is 31.4 Å². The van der Waals surface area contributed by atoms with Crippen molar-refractivity contribution in [1.82, 2.24) is 9.80 Å². The highest BCUT2D eigenvalue weighted by Crippen LogP contribution is 2.22. The Hall–Kier alpha value is -1.99. The first-order valence-electron chi connectivity index (χ1n) is 8.27. The lowest BCUT2D eigenvalue weighted by molar-refractivity contribution is 0.0627. The van der Waals surface area contributed by atoms with Crippen LogP contribution in [0.3, 0.4) is 0 Å². The van der Waals surface area contributed by atoms with Crippen LogP contribution in [0.25, 0.3) is 0 Å². The van der Waals surface area contributed by atoms with Gasteiger partial charge in [-0.15, -0.1) is 0 Å². The van der Waals surface area contributed by atoms with E-state index in [2.05, 4.69) is 20.8 Å². The second-order valence-corrected chi connectivity index (χ2v) is 7.02. The lowest BCUT2D eigenvalue weighted by Crippen LogP contribution is -2.48. The summed E-state index contributed by atoms with van der Waals surface area (Å²) in [5.74, 6) is -0.647. The summed E-state index contributed by atoms with van der Waals surface area (Å²) in [6, 6.07) is 9.01. The second-order valence-electron chi connectivity index (χ2n) is 6.16. The van der Waals surface area contributed by atoms with Gasteiger partial charge in [0.15, 0.2) is 11.6 Å². The number of hydrogen-bond donors (Lipinski definition) is 0. The van der Waals surface area contributed by atoms with Crippen molar-refractivity contribution in [3.05, 3.63) is 63.6 Å². The number of benzene rings is 2. The van der Waals surface area contributed by atoms with Gasteiger partial charge in [0, 0.05) is 37.2 Å². The van der Waals surface area contributed by atoms with E-state index >= 15 is 0 Å². The Morgan fingerprint density at radius 3 is 2.46 bits per heavy atom. The average molecular weight is 425 g/mol. The average Bonchev–Trinajstić information content (AvgIpc) is 2.62. The number of halogens is 3. The van der Waals surface area contributed by atoms with Gasteiger partial charge >= 0.3 is 0 Å². The summed E-state index contributed by atoms with van der Waals surface area (Å²) in [6.07, 6.45) is 0. The third-order valence-corrected chi connectivity index (χ3v) is 5.10. The van der Waals surface area contributed by atoms with Crippen LogP contribution in [0.15, 0.2) is 40.9 Å². The summed E-state index contributed by atoms with van der Waals surface area (Å²) in [5.41, 5.74) is 1.32. The monoisotopic (exact) mass is 424 g/mol. The van der Waals surface area contributed by atoms with Gasteiger partial charge in [-0.25, -0.2) is 8.78 Å². The number of hydrogen-bond acceptors (Lipinski definition) is 3. The maximum absolute atomic E-state index is 13.8. The van der Waals surface area contributed by atoms with E-state index in [-0.39, 0.29) is 23.3 Å². The Balaban J connectivity index is 1.58. The van der Waals surface area contributed by atoms with E-state index in [0.29, 0.717) is 42.8 Å². The molecule has 0 N–H and O–H groups in total. The predicted molar refractivity (Wildman–Crippen MR) is 98.2 cm³/mol. The lowest BCUT2D eigenvalue weighted by atomic mass is 10.1. The van der Waals surface area contributed by atoms with Crippen molar-refractivity contribution in [1.29, 1.82) is 0 Å². The van der Waals surface area contributed by atoms with E-state index < -0.39 is 0 Å². The Labute approximate surface area is 159 Å². The van der Waals surface area contributed by atoms with Gasteiger partial charge in [0.05, 0.1) is 12.7 Å². The molecule has 0 spiro atoms. The van der Waals surface area contributed by atoms with Gasteiger partial charge in [-0.1, -0.05) is 6.07 Å². The number of carbonyl (C=O) groups is 1. The molecule has 2 aromatic rings. The minimum absolute atomic E-state index is 0.119. The molecule has 1 aliphatic heterocycles. The SMILES string of the molecule is COc1ccc(CN2CCN(C(=O)c3ccc(F)cc3Br)CC2)cc1F. The predicted octanol–water partition coefficient (Wildman–Crippen LogP) is 3.69. The van der Waals surface area contributed by atoms with Crippen LogP contribution in [-0.4, -0.2) is 49.0 Å². The summed E-state index contributed by atoms with van der Waals surface area (Å²) >= 11 is 3.25. The molecule has 4 nitrogen and oxygen atoms in total. The smallest absolute Gasteiger partial charge is 0.255 e. The van der Waals surface area contributed by atoms with E-state index in [9.17, 15) is 13.6 Å². The van der Waals surface area contributed by atoms with Gasteiger partial charge in [0.1, 0.15) is 5.82 Å². The first-order valence-corrected chi connectivity index (χ1v) is 9.06. The standard InChI is InChI=1S/C19H19BrF2N2O2/c1-26-18-5-2-13(10-17(18)22)12-23-6-8-24(9-7-23)19(25)15-4-3-14(21)11-16(15)20/h2-5,10-11H,6-9,12H2,1H3. The topological polar surface area (TPSA) is 32.8 Å². The molecule has 1 saturated heterocycles. The normalized spacial score (nSPS) is 15.2. The molecule has 0 aliphatic carbocycles. The van der Waals surface area contributed by atoms with E-state index in [4.69, 9.17) is 4.74 Å². The van der Waals surface area contributed by atoms with Gasteiger partial charge in [-0.05, 0) is 51.8 Å². The molecule has 3 rings (SSSR count). The molecule has 0 unspecified atom stereocenters. The molecule has 1 fully saturated rings. The van der Waals surface area contributed by atoms with Crippen LogP contribution in [0.1, 0.15) is 15.9 Å². The molecule has 0 atom stereocenters. The van der Waals surface area contributed by atoms with Crippen LogP contribution in [0.5, 0.6) is 5.75 Å². The molecule has 0 aromatic heterocycles. The number of nitrogens with zero attached hydrogens (tertiary/aromatic N) is 2.